The van der Waals surface area contributed by atoms with Crippen molar-refractivity contribution in [1.82, 2.24) is 4.90 Å². The molecule has 3 rings (SSSR count). The highest BCUT2D eigenvalue weighted by Gasteiger charge is 2.22. The summed E-state index contributed by atoms with van der Waals surface area (Å²) in [5.74, 6) is 0.499. The fourth-order valence-corrected chi connectivity index (χ4v) is 2.81. The van der Waals surface area contributed by atoms with Crippen LogP contribution < -0.4 is 14.4 Å². The molecule has 0 spiro atoms. The van der Waals surface area contributed by atoms with Crippen LogP contribution >= 0.6 is 0 Å². The average Bonchev–Trinajstić information content (AvgIpc) is 2.59. The maximum Gasteiger partial charge on any atom is 0.303 e. The maximum absolute atomic E-state index is 11.9. The van der Waals surface area contributed by atoms with Crippen molar-refractivity contribution in [2.75, 3.05) is 44.3 Å². The first-order valence-corrected chi connectivity index (χ1v) is 7.77. The summed E-state index contributed by atoms with van der Waals surface area (Å²) in [6, 6.07) is 5.88. The van der Waals surface area contributed by atoms with E-state index in [0.29, 0.717) is 26.3 Å². The first kappa shape index (κ1) is 15.5. The molecule has 0 atom stereocenters. The number of aliphatic carboxylic acids is 1. The molecular weight excluding hydrogens is 300 g/mol. The molecule has 0 radical (unpaired) electrons. The van der Waals surface area contributed by atoms with Gasteiger partial charge in [-0.25, -0.2) is 0 Å². The molecule has 7 nitrogen and oxygen atoms in total. The van der Waals surface area contributed by atoms with Crippen LogP contribution in [0.25, 0.3) is 0 Å². The quantitative estimate of drug-likeness (QED) is 0.890. The Morgan fingerprint density at radius 1 is 1.00 bits per heavy atom. The van der Waals surface area contributed by atoms with E-state index in [2.05, 4.69) is 4.90 Å². The Balaban J connectivity index is 1.56. The summed E-state index contributed by atoms with van der Waals surface area (Å²) in [5, 5.41) is 8.65. The molecule has 7 heteroatoms. The number of amides is 1. The van der Waals surface area contributed by atoms with Crippen LogP contribution in [0.1, 0.15) is 12.8 Å². The number of rotatable bonds is 4. The van der Waals surface area contributed by atoms with Crippen LogP contribution in [0.5, 0.6) is 11.5 Å². The predicted molar refractivity (Wildman–Crippen MR) is 83.1 cm³/mol. The summed E-state index contributed by atoms with van der Waals surface area (Å²) >= 11 is 0. The minimum Gasteiger partial charge on any atom is -0.486 e. The van der Waals surface area contributed by atoms with Gasteiger partial charge in [-0.05, 0) is 12.1 Å². The molecule has 2 heterocycles. The van der Waals surface area contributed by atoms with Gasteiger partial charge in [0.2, 0.25) is 5.91 Å². The summed E-state index contributed by atoms with van der Waals surface area (Å²) in [4.78, 5) is 26.4. The molecule has 2 aliphatic rings. The molecule has 0 aliphatic carbocycles. The fourth-order valence-electron chi connectivity index (χ4n) is 2.81. The minimum absolute atomic E-state index is 0.0688. The Hall–Kier alpha value is -2.44. The Bertz CT molecular complexity index is 596. The van der Waals surface area contributed by atoms with Crippen molar-refractivity contribution in [2.24, 2.45) is 0 Å². The van der Waals surface area contributed by atoms with E-state index in [0.717, 1.165) is 30.3 Å². The number of anilines is 1. The van der Waals surface area contributed by atoms with E-state index in [4.69, 9.17) is 14.6 Å². The normalized spacial score (nSPS) is 17.0. The van der Waals surface area contributed by atoms with Crippen LogP contribution in [-0.2, 0) is 9.59 Å². The van der Waals surface area contributed by atoms with Crippen molar-refractivity contribution in [3.63, 3.8) is 0 Å². The van der Waals surface area contributed by atoms with Crippen LogP contribution in [0.15, 0.2) is 18.2 Å². The number of fused-ring (bicyclic) bond motifs is 1. The molecule has 1 aromatic rings. The number of hydrogen-bond acceptors (Lipinski definition) is 5. The van der Waals surface area contributed by atoms with Gasteiger partial charge in [-0.2, -0.15) is 0 Å². The van der Waals surface area contributed by atoms with Gasteiger partial charge in [-0.1, -0.05) is 0 Å². The summed E-state index contributed by atoms with van der Waals surface area (Å²) < 4.78 is 11.1. The molecule has 1 fully saturated rings. The zero-order valence-corrected chi connectivity index (χ0v) is 12.9. The third-order valence-corrected chi connectivity index (χ3v) is 4.08. The zero-order valence-electron chi connectivity index (χ0n) is 12.9. The van der Waals surface area contributed by atoms with Gasteiger partial charge >= 0.3 is 5.97 Å². The van der Waals surface area contributed by atoms with Gasteiger partial charge < -0.3 is 24.4 Å². The third kappa shape index (κ3) is 3.67. The minimum atomic E-state index is -0.937. The van der Waals surface area contributed by atoms with Crippen molar-refractivity contribution in [3.8, 4) is 11.5 Å². The van der Waals surface area contributed by atoms with Crippen molar-refractivity contribution in [2.45, 2.75) is 12.8 Å². The maximum atomic E-state index is 11.9. The highest BCUT2D eigenvalue weighted by atomic mass is 16.6. The molecule has 1 aromatic carbocycles. The topological polar surface area (TPSA) is 79.3 Å². The van der Waals surface area contributed by atoms with Crippen LogP contribution in [0.2, 0.25) is 0 Å². The molecule has 0 saturated carbocycles. The number of carbonyl (C=O) groups is 2. The van der Waals surface area contributed by atoms with E-state index >= 15 is 0 Å². The van der Waals surface area contributed by atoms with Crippen molar-refractivity contribution in [1.29, 1.82) is 0 Å². The van der Waals surface area contributed by atoms with Crippen LogP contribution in [0, 0.1) is 0 Å². The largest absolute Gasteiger partial charge is 0.486 e. The lowest BCUT2D eigenvalue weighted by Gasteiger charge is -2.36. The smallest absolute Gasteiger partial charge is 0.303 e. The molecule has 2 aliphatic heterocycles. The molecule has 0 unspecified atom stereocenters. The van der Waals surface area contributed by atoms with Gasteiger partial charge in [-0.15, -0.1) is 0 Å². The van der Waals surface area contributed by atoms with Crippen LogP contribution in [-0.4, -0.2) is 61.3 Å². The summed E-state index contributed by atoms with van der Waals surface area (Å²) in [7, 11) is 0. The lowest BCUT2D eigenvalue weighted by Crippen LogP contribution is -2.48. The molecule has 0 aromatic heterocycles. The van der Waals surface area contributed by atoms with Crippen molar-refractivity contribution < 1.29 is 24.2 Å². The average molecular weight is 320 g/mol. The molecule has 1 saturated heterocycles. The number of carboxylic acids is 1. The predicted octanol–water partition coefficient (Wildman–Crippen LogP) is 0.971. The molecule has 0 bridgehead atoms. The fraction of sp³-hybridized carbons (Fsp3) is 0.500. The van der Waals surface area contributed by atoms with Crippen molar-refractivity contribution in [3.05, 3.63) is 18.2 Å². The second-order valence-corrected chi connectivity index (χ2v) is 5.59. The van der Waals surface area contributed by atoms with E-state index < -0.39 is 5.97 Å². The van der Waals surface area contributed by atoms with E-state index in [1.165, 1.54) is 0 Å². The van der Waals surface area contributed by atoms with Crippen molar-refractivity contribution >= 4 is 17.6 Å². The monoisotopic (exact) mass is 320 g/mol. The van der Waals surface area contributed by atoms with Gasteiger partial charge in [0.1, 0.15) is 13.2 Å². The summed E-state index contributed by atoms with van der Waals surface area (Å²) in [6.45, 7) is 3.78. The third-order valence-electron chi connectivity index (χ3n) is 4.08. The van der Waals surface area contributed by atoms with Gasteiger partial charge in [0.25, 0.3) is 0 Å². The number of nitrogens with zero attached hydrogens (tertiary/aromatic N) is 2. The highest BCUT2D eigenvalue weighted by Crippen LogP contribution is 2.34. The lowest BCUT2D eigenvalue weighted by atomic mass is 10.2. The summed E-state index contributed by atoms with van der Waals surface area (Å²) in [5.41, 5.74) is 1.05. The van der Waals surface area contributed by atoms with Gasteiger partial charge in [0.15, 0.2) is 11.5 Å². The van der Waals surface area contributed by atoms with Gasteiger partial charge in [0, 0.05) is 44.4 Å². The molecule has 124 valence electrons. The number of carboxylic acid groups (broad SMARTS) is 1. The SMILES string of the molecule is O=C(O)CCC(=O)N1CCN(c2ccc3c(c2)OCCO3)CC1. The molecule has 1 amide bonds. The first-order valence-electron chi connectivity index (χ1n) is 7.77. The highest BCUT2D eigenvalue weighted by molar-refractivity contribution is 5.81. The van der Waals surface area contributed by atoms with Crippen LogP contribution in [0.3, 0.4) is 0 Å². The van der Waals surface area contributed by atoms with E-state index in [1.54, 1.807) is 4.90 Å². The summed E-state index contributed by atoms with van der Waals surface area (Å²) in [6.07, 6.45) is -0.0411. The van der Waals surface area contributed by atoms with E-state index in [9.17, 15) is 9.59 Å². The van der Waals surface area contributed by atoms with Gasteiger partial charge in [0.05, 0.1) is 6.42 Å². The van der Waals surface area contributed by atoms with E-state index in [1.807, 2.05) is 18.2 Å². The lowest BCUT2D eigenvalue weighted by molar-refractivity contribution is -0.141. The Labute approximate surface area is 134 Å². The first-order chi connectivity index (χ1) is 11.1. The van der Waals surface area contributed by atoms with E-state index in [-0.39, 0.29) is 18.7 Å². The van der Waals surface area contributed by atoms with Gasteiger partial charge in [-0.3, -0.25) is 9.59 Å². The number of benzene rings is 1. The Kier molecular flexibility index (Phi) is 4.55. The second-order valence-electron chi connectivity index (χ2n) is 5.59. The Morgan fingerprint density at radius 2 is 1.70 bits per heavy atom. The molecule has 1 N–H and O–H groups in total. The number of piperazine rings is 1. The second kappa shape index (κ2) is 6.76. The standard InChI is InChI=1S/C16H20N2O5/c19-15(3-4-16(20)21)18-7-5-17(6-8-18)12-1-2-13-14(11-12)23-10-9-22-13/h1-2,11H,3-10H2,(H,20,21). The Morgan fingerprint density at radius 3 is 2.39 bits per heavy atom. The number of hydrogen-bond donors (Lipinski definition) is 1. The molecular formula is C16H20N2O5. The molecule has 23 heavy (non-hydrogen) atoms. The number of ether oxygens (including phenoxy) is 2. The van der Waals surface area contributed by atoms with Crippen LogP contribution in [0.4, 0.5) is 5.69 Å². The number of carbonyl (C=O) groups excluding carboxylic acids is 1. The zero-order chi connectivity index (χ0) is 16.2.